The van der Waals surface area contributed by atoms with E-state index in [2.05, 4.69) is 19.2 Å². The van der Waals surface area contributed by atoms with Crippen LogP contribution in [0.4, 0.5) is 4.79 Å². The average molecular weight is 296 g/mol. The van der Waals surface area contributed by atoms with Crippen LogP contribution in [0.5, 0.6) is 0 Å². The van der Waals surface area contributed by atoms with Crippen LogP contribution in [-0.2, 0) is 4.79 Å². The monoisotopic (exact) mass is 296 g/mol. The van der Waals surface area contributed by atoms with Gasteiger partial charge >= 0.3 is 12.0 Å². The summed E-state index contributed by atoms with van der Waals surface area (Å²) in [4.78, 5) is 25.7. The highest BCUT2D eigenvalue weighted by molar-refractivity contribution is 5.79. The highest BCUT2D eigenvalue weighted by atomic mass is 16.4. The summed E-state index contributed by atoms with van der Waals surface area (Å²) in [6.45, 7) is 7.31. The van der Waals surface area contributed by atoms with Gasteiger partial charge in [0.25, 0.3) is 0 Å². The molecule has 1 aliphatic carbocycles. The Bertz CT molecular complexity index is 412. The number of nitrogens with one attached hydrogen (secondary N) is 1. The first kappa shape index (κ1) is 16.1. The molecule has 1 heterocycles. The Hall–Kier alpha value is -1.26. The molecule has 2 aliphatic rings. The fourth-order valence-electron chi connectivity index (χ4n) is 3.74. The zero-order valence-electron chi connectivity index (χ0n) is 13.4. The van der Waals surface area contributed by atoms with Crippen molar-refractivity contribution < 1.29 is 14.7 Å². The zero-order chi connectivity index (χ0) is 15.6. The summed E-state index contributed by atoms with van der Waals surface area (Å²) in [6.07, 6.45) is 4.19. The Morgan fingerprint density at radius 1 is 1.33 bits per heavy atom. The van der Waals surface area contributed by atoms with Crippen LogP contribution < -0.4 is 5.32 Å². The Balaban J connectivity index is 1.98. The predicted octanol–water partition coefficient (Wildman–Crippen LogP) is 2.71. The normalized spacial score (nSPS) is 36.5. The number of carboxylic acids is 1. The summed E-state index contributed by atoms with van der Waals surface area (Å²) in [7, 11) is 0. The second-order valence-corrected chi connectivity index (χ2v) is 6.93. The summed E-state index contributed by atoms with van der Waals surface area (Å²) in [5, 5.41) is 12.6. The number of hydrogen-bond donors (Lipinski definition) is 2. The fourth-order valence-corrected chi connectivity index (χ4v) is 3.74. The SMILES string of the molecule is CCC1(C(=O)O)CCCN(C(=O)NC2CCC(C)C2C)C1. The lowest BCUT2D eigenvalue weighted by Gasteiger charge is -2.40. The Kier molecular flexibility index (Phi) is 4.79. The van der Waals surface area contributed by atoms with Gasteiger partial charge in [-0.1, -0.05) is 20.8 Å². The molecule has 5 heteroatoms. The first-order valence-corrected chi connectivity index (χ1v) is 8.18. The van der Waals surface area contributed by atoms with Crippen molar-refractivity contribution >= 4 is 12.0 Å². The predicted molar refractivity (Wildman–Crippen MR) is 81.0 cm³/mol. The molecule has 0 aromatic heterocycles. The summed E-state index contributed by atoms with van der Waals surface area (Å²) in [5.74, 6) is 0.366. The molecule has 2 N–H and O–H groups in total. The van der Waals surface area contributed by atoms with Gasteiger partial charge in [0.15, 0.2) is 0 Å². The summed E-state index contributed by atoms with van der Waals surface area (Å²) in [6, 6.07) is 0.148. The maximum atomic E-state index is 12.5. The number of hydrogen-bond acceptors (Lipinski definition) is 2. The van der Waals surface area contributed by atoms with Crippen molar-refractivity contribution in [3.63, 3.8) is 0 Å². The molecule has 2 rings (SSSR count). The van der Waals surface area contributed by atoms with E-state index in [9.17, 15) is 14.7 Å². The van der Waals surface area contributed by atoms with Gasteiger partial charge in [-0.3, -0.25) is 4.79 Å². The minimum atomic E-state index is -0.773. The van der Waals surface area contributed by atoms with E-state index in [1.165, 1.54) is 0 Å². The number of rotatable bonds is 3. The van der Waals surface area contributed by atoms with Crippen molar-refractivity contribution in [1.29, 1.82) is 0 Å². The van der Waals surface area contributed by atoms with Crippen molar-refractivity contribution in [3.8, 4) is 0 Å². The summed E-state index contributed by atoms with van der Waals surface area (Å²) >= 11 is 0. The van der Waals surface area contributed by atoms with Gasteiger partial charge in [0.1, 0.15) is 0 Å². The van der Waals surface area contributed by atoms with E-state index in [0.29, 0.717) is 37.8 Å². The van der Waals surface area contributed by atoms with Crippen molar-refractivity contribution in [2.24, 2.45) is 17.3 Å². The van der Waals surface area contributed by atoms with Gasteiger partial charge in [-0.05, 0) is 43.9 Å². The molecule has 1 saturated carbocycles. The molecule has 0 spiro atoms. The van der Waals surface area contributed by atoms with E-state index in [0.717, 1.165) is 19.3 Å². The topological polar surface area (TPSA) is 69.6 Å². The molecule has 1 saturated heterocycles. The van der Waals surface area contributed by atoms with Crippen molar-refractivity contribution in [3.05, 3.63) is 0 Å². The largest absolute Gasteiger partial charge is 0.481 e. The Morgan fingerprint density at radius 2 is 2.05 bits per heavy atom. The van der Waals surface area contributed by atoms with Crippen LogP contribution in [0.2, 0.25) is 0 Å². The molecule has 21 heavy (non-hydrogen) atoms. The van der Waals surface area contributed by atoms with E-state index in [-0.39, 0.29) is 12.1 Å². The lowest BCUT2D eigenvalue weighted by Crippen LogP contribution is -2.54. The molecule has 4 atom stereocenters. The van der Waals surface area contributed by atoms with Crippen molar-refractivity contribution in [2.75, 3.05) is 13.1 Å². The minimum absolute atomic E-state index is 0.0836. The number of nitrogens with zero attached hydrogens (tertiary/aromatic N) is 1. The van der Waals surface area contributed by atoms with Gasteiger partial charge < -0.3 is 15.3 Å². The molecular formula is C16H28N2O3. The van der Waals surface area contributed by atoms with E-state index < -0.39 is 11.4 Å². The third-order valence-corrected chi connectivity index (χ3v) is 5.77. The number of carboxylic acid groups (broad SMARTS) is 1. The average Bonchev–Trinajstić information content (AvgIpc) is 2.79. The molecule has 1 aliphatic heterocycles. The maximum absolute atomic E-state index is 12.5. The van der Waals surface area contributed by atoms with Gasteiger partial charge in [-0.15, -0.1) is 0 Å². The van der Waals surface area contributed by atoms with Crippen LogP contribution in [-0.4, -0.2) is 41.1 Å². The molecule has 5 nitrogen and oxygen atoms in total. The summed E-state index contributed by atoms with van der Waals surface area (Å²) < 4.78 is 0. The second-order valence-electron chi connectivity index (χ2n) is 6.93. The summed E-state index contributed by atoms with van der Waals surface area (Å²) in [5.41, 5.74) is -0.760. The van der Waals surface area contributed by atoms with Crippen LogP contribution >= 0.6 is 0 Å². The number of likely N-dealkylation sites (tertiary alicyclic amines) is 1. The van der Waals surface area contributed by atoms with E-state index >= 15 is 0 Å². The second kappa shape index (κ2) is 6.24. The number of carbonyl (C=O) groups is 2. The molecule has 0 bridgehead atoms. The molecule has 0 aromatic rings. The number of carbonyl (C=O) groups excluding carboxylic acids is 1. The van der Waals surface area contributed by atoms with Crippen LogP contribution in [0.3, 0.4) is 0 Å². The lowest BCUT2D eigenvalue weighted by molar-refractivity contribution is -0.152. The molecular weight excluding hydrogens is 268 g/mol. The quantitative estimate of drug-likeness (QED) is 0.841. The first-order valence-electron chi connectivity index (χ1n) is 8.18. The van der Waals surface area contributed by atoms with Crippen LogP contribution in [0.15, 0.2) is 0 Å². The van der Waals surface area contributed by atoms with Gasteiger partial charge in [0.2, 0.25) is 0 Å². The van der Waals surface area contributed by atoms with Gasteiger partial charge in [-0.25, -0.2) is 4.79 Å². The highest BCUT2D eigenvalue weighted by Gasteiger charge is 2.42. The third kappa shape index (κ3) is 3.16. The molecule has 4 unspecified atom stereocenters. The Morgan fingerprint density at radius 3 is 2.57 bits per heavy atom. The molecule has 2 amide bonds. The van der Waals surface area contributed by atoms with Crippen LogP contribution in [0.25, 0.3) is 0 Å². The van der Waals surface area contributed by atoms with Gasteiger partial charge in [0, 0.05) is 19.1 Å². The van der Waals surface area contributed by atoms with Crippen molar-refractivity contribution in [1.82, 2.24) is 10.2 Å². The van der Waals surface area contributed by atoms with E-state index in [1.807, 2.05) is 6.92 Å². The van der Waals surface area contributed by atoms with Crippen LogP contribution in [0, 0.1) is 17.3 Å². The maximum Gasteiger partial charge on any atom is 0.317 e. The molecule has 2 fully saturated rings. The Labute approximate surface area is 127 Å². The number of amides is 2. The molecule has 0 radical (unpaired) electrons. The van der Waals surface area contributed by atoms with E-state index in [1.54, 1.807) is 4.90 Å². The van der Waals surface area contributed by atoms with Crippen LogP contribution in [0.1, 0.15) is 52.9 Å². The third-order valence-electron chi connectivity index (χ3n) is 5.77. The number of aliphatic carboxylic acids is 1. The lowest BCUT2D eigenvalue weighted by atomic mass is 9.78. The fraction of sp³-hybridized carbons (Fsp3) is 0.875. The van der Waals surface area contributed by atoms with E-state index in [4.69, 9.17) is 0 Å². The standard InChI is InChI=1S/C16H28N2O3/c1-4-16(14(19)20)8-5-9-18(10-16)15(21)17-13-7-6-11(2)12(13)3/h11-13H,4-10H2,1-3H3,(H,17,21)(H,19,20). The minimum Gasteiger partial charge on any atom is -0.481 e. The van der Waals surface area contributed by atoms with Crippen molar-refractivity contribution in [2.45, 2.75) is 58.9 Å². The van der Waals surface area contributed by atoms with Gasteiger partial charge in [0.05, 0.1) is 5.41 Å². The zero-order valence-corrected chi connectivity index (χ0v) is 13.4. The van der Waals surface area contributed by atoms with Gasteiger partial charge in [-0.2, -0.15) is 0 Å². The molecule has 0 aromatic carbocycles. The molecule has 120 valence electrons. The smallest absolute Gasteiger partial charge is 0.317 e. The number of piperidine rings is 1. The highest BCUT2D eigenvalue weighted by Crippen LogP contribution is 2.34. The number of urea groups is 1. The first-order chi connectivity index (χ1) is 9.89.